The molecule has 0 aliphatic carbocycles. The molecule has 0 saturated heterocycles. The smallest absolute Gasteiger partial charge is 0.116 e. The SMILES string of the molecule is CCC(CC)(c1ccc(O)cc1-c1ccc(O)cc1)c1ccc(O)cc1-c1ccc(O)cc1. The summed E-state index contributed by atoms with van der Waals surface area (Å²) in [5, 5.41) is 40.2. The highest BCUT2D eigenvalue weighted by atomic mass is 16.3. The van der Waals surface area contributed by atoms with Crippen LogP contribution in [-0.2, 0) is 5.41 Å². The molecule has 0 unspecified atom stereocenters. The Morgan fingerprint density at radius 2 is 0.818 bits per heavy atom. The maximum Gasteiger partial charge on any atom is 0.116 e. The lowest BCUT2D eigenvalue weighted by Crippen LogP contribution is -2.27. The zero-order chi connectivity index (χ0) is 23.6. The van der Waals surface area contributed by atoms with E-state index in [1.54, 1.807) is 48.5 Å². The van der Waals surface area contributed by atoms with Crippen LogP contribution >= 0.6 is 0 Å². The Hall–Kier alpha value is -3.92. The second-order valence-electron chi connectivity index (χ2n) is 8.34. The first-order valence-corrected chi connectivity index (χ1v) is 11.1. The molecule has 0 saturated carbocycles. The van der Waals surface area contributed by atoms with Gasteiger partial charge in [0.05, 0.1) is 0 Å². The molecule has 0 spiro atoms. The Bertz CT molecular complexity index is 1160. The predicted molar refractivity (Wildman–Crippen MR) is 132 cm³/mol. The van der Waals surface area contributed by atoms with Gasteiger partial charge in [0.25, 0.3) is 0 Å². The van der Waals surface area contributed by atoms with Gasteiger partial charge < -0.3 is 20.4 Å². The van der Waals surface area contributed by atoms with Crippen molar-refractivity contribution in [3.8, 4) is 45.3 Å². The van der Waals surface area contributed by atoms with Crippen molar-refractivity contribution in [1.82, 2.24) is 0 Å². The number of hydrogen-bond acceptors (Lipinski definition) is 4. The molecule has 4 aromatic carbocycles. The van der Waals surface area contributed by atoms with Gasteiger partial charge in [-0.05, 0) is 94.8 Å². The number of benzene rings is 4. The van der Waals surface area contributed by atoms with Crippen LogP contribution in [0.3, 0.4) is 0 Å². The molecule has 0 atom stereocenters. The predicted octanol–water partition coefficient (Wildman–Crippen LogP) is 6.95. The minimum absolute atomic E-state index is 0.174. The minimum atomic E-state index is -0.415. The molecule has 0 bridgehead atoms. The average Bonchev–Trinajstić information content (AvgIpc) is 2.82. The van der Waals surface area contributed by atoms with E-state index < -0.39 is 5.41 Å². The molecule has 4 rings (SSSR count). The Labute approximate surface area is 194 Å². The normalized spacial score (nSPS) is 11.5. The third-order valence-electron chi connectivity index (χ3n) is 6.60. The molecular weight excluding hydrogens is 412 g/mol. The van der Waals surface area contributed by atoms with E-state index in [4.69, 9.17) is 0 Å². The molecule has 0 amide bonds. The first-order chi connectivity index (χ1) is 15.9. The fourth-order valence-corrected chi connectivity index (χ4v) is 4.82. The van der Waals surface area contributed by atoms with Gasteiger partial charge in [0.2, 0.25) is 0 Å². The van der Waals surface area contributed by atoms with E-state index in [0.29, 0.717) is 0 Å². The largest absolute Gasteiger partial charge is 0.508 e. The first kappa shape index (κ1) is 22.3. The van der Waals surface area contributed by atoms with Crippen LogP contribution < -0.4 is 0 Å². The van der Waals surface area contributed by atoms with Crippen LogP contribution in [0, 0.1) is 0 Å². The summed E-state index contributed by atoms with van der Waals surface area (Å²) < 4.78 is 0. The number of hydrogen-bond donors (Lipinski definition) is 4. The molecule has 168 valence electrons. The average molecular weight is 441 g/mol. The van der Waals surface area contributed by atoms with Gasteiger partial charge in [-0.3, -0.25) is 0 Å². The van der Waals surface area contributed by atoms with Gasteiger partial charge >= 0.3 is 0 Å². The molecule has 0 heterocycles. The van der Waals surface area contributed by atoms with E-state index in [9.17, 15) is 20.4 Å². The van der Waals surface area contributed by atoms with E-state index in [-0.39, 0.29) is 23.0 Å². The van der Waals surface area contributed by atoms with Crippen molar-refractivity contribution in [1.29, 1.82) is 0 Å². The summed E-state index contributed by atoms with van der Waals surface area (Å²) in [6.45, 7) is 4.29. The number of phenolic OH excluding ortho intramolecular Hbond substituents is 4. The monoisotopic (exact) mass is 440 g/mol. The molecule has 0 aliphatic rings. The van der Waals surface area contributed by atoms with Crippen LogP contribution in [0.4, 0.5) is 0 Å². The summed E-state index contributed by atoms with van der Waals surface area (Å²) in [5.74, 6) is 0.719. The van der Waals surface area contributed by atoms with Gasteiger partial charge in [0.15, 0.2) is 0 Å². The van der Waals surface area contributed by atoms with Gasteiger partial charge in [0.1, 0.15) is 23.0 Å². The lowest BCUT2D eigenvalue weighted by atomic mass is 9.66. The fraction of sp³-hybridized carbons (Fsp3) is 0.172. The number of aromatic hydroxyl groups is 4. The highest BCUT2D eigenvalue weighted by Crippen LogP contribution is 2.48. The van der Waals surface area contributed by atoms with Crippen LogP contribution in [0.25, 0.3) is 22.3 Å². The highest BCUT2D eigenvalue weighted by molar-refractivity contribution is 5.76. The Morgan fingerprint density at radius 3 is 1.15 bits per heavy atom. The molecule has 4 nitrogen and oxygen atoms in total. The summed E-state index contributed by atoms with van der Waals surface area (Å²) >= 11 is 0. The third-order valence-corrected chi connectivity index (χ3v) is 6.60. The maximum atomic E-state index is 10.3. The third kappa shape index (κ3) is 4.12. The van der Waals surface area contributed by atoms with Gasteiger partial charge in [-0.25, -0.2) is 0 Å². The van der Waals surface area contributed by atoms with Crippen molar-refractivity contribution < 1.29 is 20.4 Å². The van der Waals surface area contributed by atoms with Crippen LogP contribution in [-0.4, -0.2) is 20.4 Å². The molecular formula is C29H28O4. The van der Waals surface area contributed by atoms with Crippen molar-refractivity contribution in [3.05, 3.63) is 96.1 Å². The standard InChI is InChI=1S/C29H28O4/c1-3-29(4-2,27-15-13-23(32)17-25(27)19-5-9-21(30)10-6-19)28-16-14-24(33)18-26(28)20-7-11-22(31)12-8-20/h5-18,30-33H,3-4H2,1-2H3. The van der Waals surface area contributed by atoms with Crippen molar-refractivity contribution in [3.63, 3.8) is 0 Å². The van der Waals surface area contributed by atoms with Gasteiger partial charge in [-0.1, -0.05) is 50.2 Å². The Balaban J connectivity index is 2.01. The van der Waals surface area contributed by atoms with Crippen LogP contribution in [0.15, 0.2) is 84.9 Å². The summed E-state index contributed by atoms with van der Waals surface area (Å²) in [7, 11) is 0. The van der Waals surface area contributed by atoms with Crippen molar-refractivity contribution in [2.75, 3.05) is 0 Å². The van der Waals surface area contributed by atoms with Crippen LogP contribution in [0.5, 0.6) is 23.0 Å². The Kier molecular flexibility index (Phi) is 6.01. The van der Waals surface area contributed by atoms with Crippen molar-refractivity contribution >= 4 is 0 Å². The zero-order valence-corrected chi connectivity index (χ0v) is 18.8. The second-order valence-corrected chi connectivity index (χ2v) is 8.34. The minimum Gasteiger partial charge on any atom is -0.508 e. The van der Waals surface area contributed by atoms with E-state index in [1.165, 1.54) is 0 Å². The lowest BCUT2D eigenvalue weighted by Gasteiger charge is -2.37. The molecule has 4 heteroatoms. The summed E-state index contributed by atoms with van der Waals surface area (Å²) in [6.07, 6.45) is 1.57. The summed E-state index contributed by atoms with van der Waals surface area (Å²) in [6, 6.07) is 24.9. The van der Waals surface area contributed by atoms with E-state index in [0.717, 1.165) is 46.2 Å². The molecule has 4 N–H and O–H groups in total. The molecule has 0 aromatic heterocycles. The number of rotatable bonds is 6. The van der Waals surface area contributed by atoms with Crippen LogP contribution in [0.2, 0.25) is 0 Å². The Morgan fingerprint density at radius 1 is 0.485 bits per heavy atom. The van der Waals surface area contributed by atoms with Crippen molar-refractivity contribution in [2.45, 2.75) is 32.1 Å². The van der Waals surface area contributed by atoms with E-state index >= 15 is 0 Å². The molecule has 33 heavy (non-hydrogen) atoms. The zero-order valence-electron chi connectivity index (χ0n) is 18.8. The quantitative estimate of drug-likeness (QED) is 0.261. The molecule has 4 aromatic rings. The van der Waals surface area contributed by atoms with Gasteiger partial charge in [0, 0.05) is 5.41 Å². The summed E-state index contributed by atoms with van der Waals surface area (Å²) in [5.41, 5.74) is 5.28. The lowest BCUT2D eigenvalue weighted by molar-refractivity contribution is 0.463. The summed E-state index contributed by atoms with van der Waals surface area (Å²) in [4.78, 5) is 0. The van der Waals surface area contributed by atoms with E-state index in [1.807, 2.05) is 36.4 Å². The maximum absolute atomic E-state index is 10.3. The topological polar surface area (TPSA) is 80.9 Å². The van der Waals surface area contributed by atoms with Crippen LogP contribution in [0.1, 0.15) is 37.8 Å². The molecule has 0 fully saturated rings. The van der Waals surface area contributed by atoms with Gasteiger partial charge in [-0.15, -0.1) is 0 Å². The molecule has 0 aliphatic heterocycles. The first-order valence-electron chi connectivity index (χ1n) is 11.1. The fourth-order valence-electron chi connectivity index (χ4n) is 4.82. The second kappa shape index (κ2) is 8.91. The van der Waals surface area contributed by atoms with Crippen molar-refractivity contribution in [2.24, 2.45) is 0 Å². The van der Waals surface area contributed by atoms with E-state index in [2.05, 4.69) is 13.8 Å². The van der Waals surface area contributed by atoms with Gasteiger partial charge in [-0.2, -0.15) is 0 Å². The number of phenols is 4. The molecule has 0 radical (unpaired) electrons. The highest BCUT2D eigenvalue weighted by Gasteiger charge is 2.35.